The second kappa shape index (κ2) is 11.8. The fourth-order valence-corrected chi connectivity index (χ4v) is 4.60. The van der Waals surface area contributed by atoms with Gasteiger partial charge in [-0.05, 0) is 71.0 Å². The zero-order chi connectivity index (χ0) is 25.5. The SMILES string of the molecule is COc1cc2c(cc1OCc1ccccc1)CCNC2C=Cc1cc(OCc2ccccc2)ccc1C. The molecular weight excluding hydrogens is 458 g/mol. The van der Waals surface area contributed by atoms with Crippen LogP contribution in [0.4, 0.5) is 0 Å². The first kappa shape index (κ1) is 24.7. The molecule has 1 N–H and O–H groups in total. The number of hydrogen-bond donors (Lipinski definition) is 1. The van der Waals surface area contributed by atoms with Gasteiger partial charge in [0.15, 0.2) is 11.5 Å². The van der Waals surface area contributed by atoms with Crippen LogP contribution in [-0.4, -0.2) is 13.7 Å². The first-order chi connectivity index (χ1) is 18.2. The molecule has 0 saturated heterocycles. The van der Waals surface area contributed by atoms with Crippen molar-refractivity contribution in [2.45, 2.75) is 32.6 Å². The third-order valence-corrected chi connectivity index (χ3v) is 6.72. The minimum Gasteiger partial charge on any atom is -0.493 e. The highest BCUT2D eigenvalue weighted by Crippen LogP contribution is 2.36. The van der Waals surface area contributed by atoms with Crippen molar-refractivity contribution in [3.05, 3.63) is 130 Å². The first-order valence-corrected chi connectivity index (χ1v) is 12.8. The molecule has 4 nitrogen and oxygen atoms in total. The Morgan fingerprint density at radius 2 is 1.51 bits per heavy atom. The first-order valence-electron chi connectivity index (χ1n) is 12.8. The second-order valence-electron chi connectivity index (χ2n) is 9.31. The third-order valence-electron chi connectivity index (χ3n) is 6.72. The number of nitrogens with one attached hydrogen (secondary N) is 1. The Hall–Kier alpha value is -4.02. The molecule has 5 rings (SSSR count). The van der Waals surface area contributed by atoms with Gasteiger partial charge in [0.1, 0.15) is 19.0 Å². The maximum Gasteiger partial charge on any atom is 0.161 e. The summed E-state index contributed by atoms with van der Waals surface area (Å²) in [5.74, 6) is 2.41. The van der Waals surface area contributed by atoms with Crippen molar-refractivity contribution in [2.75, 3.05) is 13.7 Å². The topological polar surface area (TPSA) is 39.7 Å². The van der Waals surface area contributed by atoms with Crippen LogP contribution >= 0.6 is 0 Å². The van der Waals surface area contributed by atoms with Crippen LogP contribution in [0.5, 0.6) is 17.2 Å². The predicted octanol–water partition coefficient (Wildman–Crippen LogP) is 7.06. The Kier molecular flexibility index (Phi) is 7.87. The second-order valence-corrected chi connectivity index (χ2v) is 9.31. The van der Waals surface area contributed by atoms with Crippen LogP contribution in [0.2, 0.25) is 0 Å². The highest BCUT2D eigenvalue weighted by Gasteiger charge is 2.21. The van der Waals surface area contributed by atoms with Gasteiger partial charge in [-0.15, -0.1) is 0 Å². The van der Waals surface area contributed by atoms with E-state index in [0.29, 0.717) is 13.2 Å². The van der Waals surface area contributed by atoms with E-state index in [1.165, 1.54) is 16.7 Å². The lowest BCUT2D eigenvalue weighted by atomic mass is 9.92. The molecule has 0 bridgehead atoms. The fourth-order valence-electron chi connectivity index (χ4n) is 4.60. The lowest BCUT2D eigenvalue weighted by Gasteiger charge is -2.26. The lowest BCUT2D eigenvalue weighted by molar-refractivity contribution is 0.283. The van der Waals surface area contributed by atoms with Gasteiger partial charge >= 0.3 is 0 Å². The third kappa shape index (κ3) is 6.22. The van der Waals surface area contributed by atoms with Crippen molar-refractivity contribution in [1.82, 2.24) is 5.32 Å². The molecule has 1 atom stereocenters. The highest BCUT2D eigenvalue weighted by molar-refractivity contribution is 5.58. The van der Waals surface area contributed by atoms with Crippen LogP contribution in [-0.2, 0) is 19.6 Å². The monoisotopic (exact) mass is 491 g/mol. The molecular formula is C33H33NO3. The molecule has 4 aromatic carbocycles. The van der Waals surface area contributed by atoms with Crippen molar-refractivity contribution in [3.8, 4) is 17.2 Å². The summed E-state index contributed by atoms with van der Waals surface area (Å²) in [6.07, 6.45) is 5.36. The molecule has 0 amide bonds. The average Bonchev–Trinajstić information content (AvgIpc) is 2.95. The van der Waals surface area contributed by atoms with Gasteiger partial charge in [-0.25, -0.2) is 0 Å². The van der Waals surface area contributed by atoms with E-state index in [1.807, 2.05) is 42.5 Å². The number of hydrogen-bond acceptors (Lipinski definition) is 4. The summed E-state index contributed by atoms with van der Waals surface area (Å²) in [5.41, 5.74) is 7.16. The van der Waals surface area contributed by atoms with Gasteiger partial charge in [0, 0.05) is 6.54 Å². The van der Waals surface area contributed by atoms with E-state index < -0.39 is 0 Å². The molecule has 188 valence electrons. The molecule has 0 fully saturated rings. The summed E-state index contributed by atoms with van der Waals surface area (Å²) in [5, 5.41) is 3.64. The molecule has 1 aliphatic rings. The Morgan fingerprint density at radius 1 is 0.811 bits per heavy atom. The van der Waals surface area contributed by atoms with Crippen molar-refractivity contribution < 1.29 is 14.2 Å². The largest absolute Gasteiger partial charge is 0.493 e. The van der Waals surface area contributed by atoms with Gasteiger partial charge in [0.25, 0.3) is 0 Å². The molecule has 1 unspecified atom stereocenters. The summed E-state index contributed by atoms with van der Waals surface area (Å²) in [4.78, 5) is 0. The van der Waals surface area contributed by atoms with E-state index in [4.69, 9.17) is 14.2 Å². The van der Waals surface area contributed by atoms with E-state index in [9.17, 15) is 0 Å². The van der Waals surface area contributed by atoms with Gasteiger partial charge in [-0.1, -0.05) is 78.9 Å². The van der Waals surface area contributed by atoms with Crippen molar-refractivity contribution in [1.29, 1.82) is 0 Å². The average molecular weight is 492 g/mol. The normalized spacial score (nSPS) is 14.8. The number of ether oxygens (including phenoxy) is 3. The van der Waals surface area contributed by atoms with Crippen LogP contribution in [0.1, 0.15) is 39.4 Å². The molecule has 0 spiro atoms. The van der Waals surface area contributed by atoms with Crippen LogP contribution in [0, 0.1) is 6.92 Å². The minimum atomic E-state index is 0.0918. The Bertz CT molecular complexity index is 1350. The van der Waals surface area contributed by atoms with Gasteiger partial charge in [0.2, 0.25) is 0 Å². The van der Waals surface area contributed by atoms with Crippen molar-refractivity contribution in [3.63, 3.8) is 0 Å². The predicted molar refractivity (Wildman–Crippen MR) is 149 cm³/mol. The van der Waals surface area contributed by atoms with E-state index in [2.05, 4.69) is 72.9 Å². The molecule has 4 heteroatoms. The Balaban J connectivity index is 1.32. The van der Waals surface area contributed by atoms with Gasteiger partial charge in [0.05, 0.1) is 13.2 Å². The number of fused-ring (bicyclic) bond motifs is 1. The van der Waals surface area contributed by atoms with E-state index in [-0.39, 0.29) is 6.04 Å². The quantitative estimate of drug-likeness (QED) is 0.272. The zero-order valence-corrected chi connectivity index (χ0v) is 21.4. The molecule has 0 aromatic heterocycles. The Morgan fingerprint density at radius 3 is 2.22 bits per heavy atom. The van der Waals surface area contributed by atoms with Crippen LogP contribution in [0.15, 0.2) is 97.1 Å². The number of aryl methyl sites for hydroxylation is 1. The maximum atomic E-state index is 6.15. The smallest absolute Gasteiger partial charge is 0.161 e. The summed E-state index contributed by atoms with van der Waals surface area (Å²) in [7, 11) is 1.70. The summed E-state index contributed by atoms with van der Waals surface area (Å²) in [6, 6.07) is 31.0. The fraction of sp³-hybridized carbons (Fsp3) is 0.212. The van der Waals surface area contributed by atoms with Crippen LogP contribution in [0.3, 0.4) is 0 Å². The van der Waals surface area contributed by atoms with E-state index in [1.54, 1.807) is 7.11 Å². The maximum absolute atomic E-state index is 6.15. The van der Waals surface area contributed by atoms with Gasteiger partial charge in [-0.3, -0.25) is 0 Å². The summed E-state index contributed by atoms with van der Waals surface area (Å²) < 4.78 is 17.9. The zero-order valence-electron chi connectivity index (χ0n) is 21.4. The van der Waals surface area contributed by atoms with E-state index >= 15 is 0 Å². The number of methoxy groups -OCH3 is 1. The van der Waals surface area contributed by atoms with Gasteiger partial charge < -0.3 is 19.5 Å². The number of benzene rings is 4. The summed E-state index contributed by atoms with van der Waals surface area (Å²) >= 11 is 0. The van der Waals surface area contributed by atoms with Crippen molar-refractivity contribution >= 4 is 6.08 Å². The standard InChI is InChI=1S/C33H33NO3/c1-24-13-15-29(36-22-25-9-5-3-6-10-25)19-27(24)14-16-31-30-21-32(35-2)33(20-28(30)17-18-34-31)37-23-26-11-7-4-8-12-26/h3-16,19-21,31,34H,17-18,22-23H2,1-2H3. The summed E-state index contributed by atoms with van der Waals surface area (Å²) in [6.45, 7) is 4.10. The molecule has 4 aromatic rings. The minimum absolute atomic E-state index is 0.0918. The molecule has 1 heterocycles. The number of rotatable bonds is 9. The lowest BCUT2D eigenvalue weighted by Crippen LogP contribution is -2.28. The van der Waals surface area contributed by atoms with E-state index in [0.717, 1.165) is 46.9 Å². The molecule has 0 radical (unpaired) electrons. The van der Waals surface area contributed by atoms with Crippen LogP contribution in [0.25, 0.3) is 6.08 Å². The van der Waals surface area contributed by atoms with Crippen LogP contribution < -0.4 is 19.5 Å². The molecule has 0 aliphatic carbocycles. The van der Waals surface area contributed by atoms with Crippen molar-refractivity contribution in [2.24, 2.45) is 0 Å². The highest BCUT2D eigenvalue weighted by atomic mass is 16.5. The Labute approximate surface area is 219 Å². The molecule has 37 heavy (non-hydrogen) atoms. The van der Waals surface area contributed by atoms with Gasteiger partial charge in [-0.2, -0.15) is 0 Å². The molecule has 0 saturated carbocycles. The molecule has 1 aliphatic heterocycles.